The molecule has 0 unspecified atom stereocenters. The van der Waals surface area contributed by atoms with Gasteiger partial charge in [0.15, 0.2) is 0 Å². The van der Waals surface area contributed by atoms with E-state index in [1.54, 1.807) is 0 Å². The van der Waals surface area contributed by atoms with Gasteiger partial charge in [-0.1, -0.05) is 11.6 Å². The van der Waals surface area contributed by atoms with Gasteiger partial charge in [0.2, 0.25) is 10.0 Å². The summed E-state index contributed by atoms with van der Waals surface area (Å²) in [6, 6.07) is 2.96. The molecule has 1 fully saturated rings. The van der Waals surface area contributed by atoms with Crippen LogP contribution in [0.1, 0.15) is 6.42 Å². The van der Waals surface area contributed by atoms with E-state index in [0.717, 1.165) is 6.42 Å². The quantitative estimate of drug-likeness (QED) is 0.719. The Morgan fingerprint density at radius 3 is 2.50 bits per heavy atom. The summed E-state index contributed by atoms with van der Waals surface area (Å²) in [7, 11) is -3.31. The fourth-order valence-electron chi connectivity index (χ4n) is 1.19. The first kappa shape index (κ1) is 9.89. The topological polar surface area (TPSA) is 50.3 Å². The second-order valence-corrected chi connectivity index (χ2v) is 5.40. The molecule has 0 aliphatic carbocycles. The summed E-state index contributed by atoms with van der Waals surface area (Å²) in [6.45, 7) is 1.20. The average Bonchev–Trinajstić information content (AvgIpc) is 2.00. The zero-order valence-electron chi connectivity index (χ0n) is 7.35. The van der Waals surface area contributed by atoms with E-state index >= 15 is 0 Å². The zero-order chi connectivity index (χ0) is 10.2. The highest BCUT2D eigenvalue weighted by Gasteiger charge is 2.29. The normalized spacial score (nSPS) is 17.8. The monoisotopic (exact) mass is 232 g/mol. The molecule has 1 aromatic heterocycles. The van der Waals surface area contributed by atoms with Crippen molar-refractivity contribution < 1.29 is 8.42 Å². The fourth-order valence-corrected chi connectivity index (χ4v) is 2.77. The Morgan fingerprint density at radius 1 is 1.36 bits per heavy atom. The number of nitrogens with zero attached hydrogens (tertiary/aromatic N) is 2. The lowest BCUT2D eigenvalue weighted by molar-refractivity contribution is 0.309. The van der Waals surface area contributed by atoms with Crippen molar-refractivity contribution in [2.75, 3.05) is 13.1 Å². The van der Waals surface area contributed by atoms with Crippen LogP contribution in [0.3, 0.4) is 0 Å². The van der Waals surface area contributed by atoms with Crippen LogP contribution in [0.15, 0.2) is 23.2 Å². The SMILES string of the molecule is O=S(=O)(c1ccc(Cl)nc1)N1CCC1. The molecular formula is C8H9ClN2O2S. The highest BCUT2D eigenvalue weighted by Crippen LogP contribution is 2.20. The summed E-state index contributed by atoms with van der Waals surface area (Å²) in [5, 5.41) is 0.299. The number of hydrogen-bond donors (Lipinski definition) is 0. The minimum atomic E-state index is -3.31. The van der Waals surface area contributed by atoms with Crippen molar-refractivity contribution in [1.82, 2.24) is 9.29 Å². The van der Waals surface area contributed by atoms with Gasteiger partial charge in [0.25, 0.3) is 0 Å². The first-order valence-electron chi connectivity index (χ1n) is 4.22. The number of pyridine rings is 1. The van der Waals surface area contributed by atoms with Crippen molar-refractivity contribution in [3.8, 4) is 0 Å². The minimum Gasteiger partial charge on any atom is -0.243 e. The highest BCUT2D eigenvalue weighted by atomic mass is 35.5. The molecule has 0 radical (unpaired) electrons. The van der Waals surface area contributed by atoms with Gasteiger partial charge in [0, 0.05) is 19.3 Å². The Morgan fingerprint density at radius 2 is 2.07 bits per heavy atom. The molecule has 6 heteroatoms. The Labute approximate surface area is 87.6 Å². The summed E-state index contributed by atoms with van der Waals surface area (Å²) in [5.41, 5.74) is 0. The number of hydrogen-bond acceptors (Lipinski definition) is 3. The van der Waals surface area contributed by atoms with Crippen molar-refractivity contribution in [2.45, 2.75) is 11.3 Å². The molecule has 2 heterocycles. The second kappa shape index (κ2) is 3.49. The molecule has 0 atom stereocenters. The van der Waals surface area contributed by atoms with Crippen molar-refractivity contribution in [3.63, 3.8) is 0 Å². The van der Waals surface area contributed by atoms with Crippen LogP contribution in [0.5, 0.6) is 0 Å². The number of halogens is 1. The third-order valence-electron chi connectivity index (χ3n) is 2.15. The maximum absolute atomic E-state index is 11.8. The zero-order valence-corrected chi connectivity index (χ0v) is 8.92. The van der Waals surface area contributed by atoms with Gasteiger partial charge >= 0.3 is 0 Å². The third kappa shape index (κ3) is 1.63. The van der Waals surface area contributed by atoms with Crippen LogP contribution in [0, 0.1) is 0 Å². The third-order valence-corrected chi connectivity index (χ3v) is 4.26. The smallest absolute Gasteiger partial charge is 0.243 e. The van der Waals surface area contributed by atoms with Crippen LogP contribution in [0.2, 0.25) is 5.15 Å². The van der Waals surface area contributed by atoms with Gasteiger partial charge < -0.3 is 0 Å². The van der Waals surface area contributed by atoms with E-state index in [1.807, 2.05) is 0 Å². The lowest BCUT2D eigenvalue weighted by Crippen LogP contribution is -2.41. The van der Waals surface area contributed by atoms with Crippen molar-refractivity contribution in [2.24, 2.45) is 0 Å². The molecule has 0 aromatic carbocycles. The first-order chi connectivity index (χ1) is 6.60. The molecule has 0 spiro atoms. The van der Waals surface area contributed by atoms with E-state index < -0.39 is 10.0 Å². The van der Waals surface area contributed by atoms with Gasteiger partial charge in [-0.2, -0.15) is 4.31 Å². The van der Waals surface area contributed by atoms with Gasteiger partial charge in [0.1, 0.15) is 10.0 Å². The van der Waals surface area contributed by atoms with E-state index in [-0.39, 0.29) is 4.90 Å². The lowest BCUT2D eigenvalue weighted by Gasteiger charge is -2.29. The van der Waals surface area contributed by atoms with E-state index in [9.17, 15) is 8.42 Å². The predicted octanol–water partition coefficient (Wildman–Crippen LogP) is 1.13. The van der Waals surface area contributed by atoms with Crippen molar-refractivity contribution >= 4 is 21.6 Å². The van der Waals surface area contributed by atoms with E-state index in [4.69, 9.17) is 11.6 Å². The Kier molecular flexibility index (Phi) is 2.47. The molecule has 2 rings (SSSR count). The average molecular weight is 233 g/mol. The largest absolute Gasteiger partial charge is 0.244 e. The molecule has 1 aromatic rings. The van der Waals surface area contributed by atoms with E-state index in [2.05, 4.69) is 4.98 Å². The fraction of sp³-hybridized carbons (Fsp3) is 0.375. The Hall–Kier alpha value is -0.650. The van der Waals surface area contributed by atoms with E-state index in [1.165, 1.54) is 22.6 Å². The molecule has 4 nitrogen and oxygen atoms in total. The minimum absolute atomic E-state index is 0.210. The van der Waals surface area contributed by atoms with Crippen LogP contribution >= 0.6 is 11.6 Å². The Balaban J connectivity index is 2.34. The van der Waals surface area contributed by atoms with Crippen molar-refractivity contribution in [1.29, 1.82) is 0 Å². The highest BCUT2D eigenvalue weighted by molar-refractivity contribution is 7.89. The van der Waals surface area contributed by atoms with Crippen LogP contribution < -0.4 is 0 Å². The van der Waals surface area contributed by atoms with Crippen molar-refractivity contribution in [3.05, 3.63) is 23.5 Å². The summed E-state index contributed by atoms with van der Waals surface area (Å²) in [4.78, 5) is 3.96. The van der Waals surface area contributed by atoms with Crippen LogP contribution in [-0.4, -0.2) is 30.8 Å². The van der Waals surface area contributed by atoms with E-state index in [0.29, 0.717) is 18.2 Å². The molecular weight excluding hydrogens is 224 g/mol. The maximum Gasteiger partial charge on any atom is 0.244 e. The van der Waals surface area contributed by atoms with Gasteiger partial charge in [-0.05, 0) is 18.6 Å². The number of aromatic nitrogens is 1. The molecule has 76 valence electrons. The summed E-state index contributed by atoms with van der Waals surface area (Å²) in [6.07, 6.45) is 2.22. The molecule has 1 aliphatic heterocycles. The lowest BCUT2D eigenvalue weighted by atomic mass is 10.3. The number of sulfonamides is 1. The standard InChI is InChI=1S/C8H9ClN2O2S/c9-8-3-2-7(6-10-8)14(12,13)11-4-1-5-11/h2-3,6H,1,4-5H2. The van der Waals surface area contributed by atoms with Gasteiger partial charge in [-0.3, -0.25) is 0 Å². The first-order valence-corrected chi connectivity index (χ1v) is 6.04. The Bertz CT molecular complexity index is 425. The summed E-state index contributed by atoms with van der Waals surface area (Å²) >= 11 is 5.57. The van der Waals surface area contributed by atoms with Gasteiger partial charge in [-0.25, -0.2) is 13.4 Å². The predicted molar refractivity (Wildman–Crippen MR) is 52.6 cm³/mol. The summed E-state index contributed by atoms with van der Waals surface area (Å²) in [5.74, 6) is 0. The maximum atomic E-state index is 11.8. The molecule has 0 amide bonds. The van der Waals surface area contributed by atoms with Crippen LogP contribution in [-0.2, 0) is 10.0 Å². The number of rotatable bonds is 2. The molecule has 0 bridgehead atoms. The summed E-state index contributed by atoms with van der Waals surface area (Å²) < 4.78 is 25.0. The molecule has 14 heavy (non-hydrogen) atoms. The van der Waals surface area contributed by atoms with Gasteiger partial charge in [-0.15, -0.1) is 0 Å². The molecule has 0 N–H and O–H groups in total. The van der Waals surface area contributed by atoms with Crippen LogP contribution in [0.25, 0.3) is 0 Å². The molecule has 1 saturated heterocycles. The molecule has 1 aliphatic rings. The molecule has 0 saturated carbocycles. The van der Waals surface area contributed by atoms with Gasteiger partial charge in [0.05, 0.1) is 0 Å². The van der Waals surface area contributed by atoms with Crippen LogP contribution in [0.4, 0.5) is 0 Å². The second-order valence-electron chi connectivity index (χ2n) is 3.07.